The molecule has 6 heteroatoms. The lowest BCUT2D eigenvalue weighted by Crippen LogP contribution is -2.24. The van der Waals surface area contributed by atoms with Crippen LogP contribution in [0.2, 0.25) is 5.02 Å². The standard InChI is InChI=1S/C33H40ClNO4/c1-6-9-10-11-16-32(38-8-3)35-25(5)21-22-39-31-15-13-12-14-29(28(7-2)33(36)37)24(4)23-30(31)26-17-19-27(34)20-18-26/h6,9-11,15-20,23,28-29H,1,4-5,7-8,12-14,21-22H2,2-3H3,(H,36,37)/b10-9-,16-11+,30-23-,31-15+,35-32?. The highest BCUT2D eigenvalue weighted by Crippen LogP contribution is 2.35. The fraction of sp³-hybridized carbons (Fsp3) is 0.333. The summed E-state index contributed by atoms with van der Waals surface area (Å²) in [6.45, 7) is 16.7. The van der Waals surface area contributed by atoms with E-state index in [0.717, 1.165) is 41.7 Å². The Morgan fingerprint density at radius 3 is 2.62 bits per heavy atom. The van der Waals surface area contributed by atoms with Crippen molar-refractivity contribution < 1.29 is 19.4 Å². The highest BCUT2D eigenvalue weighted by molar-refractivity contribution is 6.30. The number of nitrogens with zero attached hydrogens (tertiary/aromatic N) is 1. The largest absolute Gasteiger partial charge is 0.493 e. The number of carboxylic acids is 1. The van der Waals surface area contributed by atoms with Gasteiger partial charge < -0.3 is 14.6 Å². The van der Waals surface area contributed by atoms with E-state index < -0.39 is 11.9 Å². The summed E-state index contributed by atoms with van der Waals surface area (Å²) in [5.74, 6) is -0.219. The van der Waals surface area contributed by atoms with Crippen molar-refractivity contribution in [3.63, 3.8) is 0 Å². The first-order valence-corrected chi connectivity index (χ1v) is 13.8. The third-order valence-corrected chi connectivity index (χ3v) is 6.58. The Hall–Kier alpha value is -3.57. The Labute approximate surface area is 238 Å². The van der Waals surface area contributed by atoms with Crippen LogP contribution < -0.4 is 0 Å². The highest BCUT2D eigenvalue weighted by Gasteiger charge is 2.28. The quantitative estimate of drug-likeness (QED) is 0.152. The van der Waals surface area contributed by atoms with Gasteiger partial charge in [-0.15, -0.1) is 0 Å². The summed E-state index contributed by atoms with van der Waals surface area (Å²) >= 11 is 6.15. The minimum absolute atomic E-state index is 0.150. The molecule has 1 aromatic carbocycles. The van der Waals surface area contributed by atoms with Crippen molar-refractivity contribution in [3.8, 4) is 0 Å². The molecule has 0 heterocycles. The van der Waals surface area contributed by atoms with E-state index in [9.17, 15) is 9.90 Å². The predicted octanol–water partition coefficient (Wildman–Crippen LogP) is 8.73. The molecule has 1 aromatic rings. The van der Waals surface area contributed by atoms with Gasteiger partial charge in [-0.25, -0.2) is 4.99 Å². The van der Waals surface area contributed by atoms with E-state index in [1.165, 1.54) is 0 Å². The summed E-state index contributed by atoms with van der Waals surface area (Å²) < 4.78 is 11.9. The molecule has 0 radical (unpaired) electrons. The molecule has 0 spiro atoms. The van der Waals surface area contributed by atoms with Gasteiger partial charge in [-0.2, -0.15) is 0 Å². The van der Waals surface area contributed by atoms with Crippen molar-refractivity contribution in [2.45, 2.75) is 46.0 Å². The first-order chi connectivity index (χ1) is 18.8. The molecule has 2 rings (SSSR count). The monoisotopic (exact) mass is 549 g/mol. The van der Waals surface area contributed by atoms with Crippen LogP contribution in [0.25, 0.3) is 5.57 Å². The second-order valence-corrected chi connectivity index (χ2v) is 9.56. The van der Waals surface area contributed by atoms with E-state index in [2.05, 4.69) is 30.8 Å². The fourth-order valence-corrected chi connectivity index (χ4v) is 4.48. The van der Waals surface area contributed by atoms with E-state index in [1.807, 2.05) is 62.4 Å². The maximum absolute atomic E-state index is 12.0. The van der Waals surface area contributed by atoms with Gasteiger partial charge in [0.25, 0.3) is 0 Å². The number of halogens is 1. The summed E-state index contributed by atoms with van der Waals surface area (Å²) in [5, 5.41) is 10.5. The second kappa shape index (κ2) is 17.1. The molecular weight excluding hydrogens is 510 g/mol. The number of benzene rings is 1. The Balaban J connectivity index is 2.28. The molecule has 0 fully saturated rings. The molecule has 5 nitrogen and oxygen atoms in total. The third kappa shape index (κ3) is 10.6. The predicted molar refractivity (Wildman–Crippen MR) is 163 cm³/mol. The lowest BCUT2D eigenvalue weighted by Gasteiger charge is -2.24. The molecule has 0 aliphatic heterocycles. The summed E-state index contributed by atoms with van der Waals surface area (Å²) in [4.78, 5) is 16.5. The SMILES string of the molecule is C=C/C=C\C=C\C(=NC(=C)CCOC1=C/CCCC(C(CC)C(=O)O)C(=C)/C=C\1c1ccc(Cl)cc1)OCC. The van der Waals surface area contributed by atoms with Crippen molar-refractivity contribution in [3.05, 3.63) is 114 Å². The first-order valence-electron chi connectivity index (χ1n) is 13.4. The average Bonchev–Trinajstić information content (AvgIpc) is 2.97. The van der Waals surface area contributed by atoms with Gasteiger partial charge in [0.05, 0.1) is 19.1 Å². The van der Waals surface area contributed by atoms with E-state index in [0.29, 0.717) is 42.7 Å². The average molecular weight is 550 g/mol. The molecule has 1 aliphatic rings. The zero-order chi connectivity index (χ0) is 28.6. The van der Waals surface area contributed by atoms with Gasteiger partial charge in [-0.1, -0.05) is 80.3 Å². The summed E-state index contributed by atoms with van der Waals surface area (Å²) in [5.41, 5.74) is 3.19. The van der Waals surface area contributed by atoms with E-state index in [1.54, 1.807) is 12.2 Å². The van der Waals surface area contributed by atoms with Crippen molar-refractivity contribution >= 4 is 29.0 Å². The molecule has 0 bridgehead atoms. The Morgan fingerprint density at radius 1 is 1.23 bits per heavy atom. The second-order valence-electron chi connectivity index (χ2n) is 9.13. The number of ether oxygens (including phenoxy) is 2. The van der Waals surface area contributed by atoms with Crippen LogP contribution in [0.1, 0.15) is 51.5 Å². The van der Waals surface area contributed by atoms with E-state index >= 15 is 0 Å². The normalized spacial score (nSPS) is 20.2. The molecule has 0 saturated heterocycles. The number of carboxylic acid groups (broad SMARTS) is 1. The number of aliphatic carboxylic acids is 1. The maximum atomic E-state index is 12.0. The Kier molecular flexibility index (Phi) is 13.9. The van der Waals surface area contributed by atoms with Crippen LogP contribution in [-0.2, 0) is 14.3 Å². The van der Waals surface area contributed by atoms with Gasteiger partial charge in [0.1, 0.15) is 5.76 Å². The zero-order valence-corrected chi connectivity index (χ0v) is 23.8. The van der Waals surface area contributed by atoms with Crippen molar-refractivity contribution in [2.75, 3.05) is 13.2 Å². The number of hydrogen-bond acceptors (Lipinski definition) is 4. The molecule has 0 amide bonds. The highest BCUT2D eigenvalue weighted by atomic mass is 35.5. The van der Waals surface area contributed by atoms with Gasteiger partial charge in [0.2, 0.25) is 5.90 Å². The van der Waals surface area contributed by atoms with Gasteiger partial charge in [-0.05, 0) is 68.4 Å². The summed E-state index contributed by atoms with van der Waals surface area (Å²) in [6, 6.07) is 7.53. The lowest BCUT2D eigenvalue weighted by molar-refractivity contribution is -0.143. The smallest absolute Gasteiger partial charge is 0.307 e. The Bertz CT molecular complexity index is 1150. The van der Waals surface area contributed by atoms with Crippen molar-refractivity contribution in [1.29, 1.82) is 0 Å². The van der Waals surface area contributed by atoms with Crippen LogP contribution in [0, 0.1) is 11.8 Å². The number of allylic oxidation sites excluding steroid dienone is 8. The topological polar surface area (TPSA) is 68.1 Å². The Morgan fingerprint density at radius 2 is 1.97 bits per heavy atom. The van der Waals surface area contributed by atoms with Gasteiger partial charge in [-0.3, -0.25) is 4.79 Å². The minimum atomic E-state index is -0.786. The van der Waals surface area contributed by atoms with Crippen LogP contribution in [-0.4, -0.2) is 30.2 Å². The first kappa shape index (κ1) is 31.6. The van der Waals surface area contributed by atoms with Crippen LogP contribution in [0.15, 0.2) is 109 Å². The molecule has 39 heavy (non-hydrogen) atoms. The lowest BCUT2D eigenvalue weighted by atomic mass is 9.80. The fourth-order valence-electron chi connectivity index (χ4n) is 4.35. The molecule has 2 unspecified atom stereocenters. The number of hydrogen-bond donors (Lipinski definition) is 1. The van der Waals surface area contributed by atoms with Crippen LogP contribution in [0.3, 0.4) is 0 Å². The van der Waals surface area contributed by atoms with Crippen molar-refractivity contribution in [2.24, 2.45) is 16.8 Å². The maximum Gasteiger partial charge on any atom is 0.307 e. The van der Waals surface area contributed by atoms with Gasteiger partial charge >= 0.3 is 5.97 Å². The van der Waals surface area contributed by atoms with Crippen LogP contribution in [0.4, 0.5) is 0 Å². The molecule has 0 aromatic heterocycles. The molecule has 208 valence electrons. The molecular formula is C33H40ClNO4. The van der Waals surface area contributed by atoms with Gasteiger partial charge in [0, 0.05) is 28.8 Å². The number of rotatable bonds is 13. The summed E-state index contributed by atoms with van der Waals surface area (Å²) in [7, 11) is 0. The molecule has 2 atom stereocenters. The third-order valence-electron chi connectivity index (χ3n) is 6.32. The zero-order valence-electron chi connectivity index (χ0n) is 23.1. The van der Waals surface area contributed by atoms with Crippen LogP contribution in [0.5, 0.6) is 0 Å². The van der Waals surface area contributed by atoms with Gasteiger partial charge in [0.15, 0.2) is 0 Å². The van der Waals surface area contributed by atoms with Crippen LogP contribution >= 0.6 is 11.6 Å². The summed E-state index contributed by atoms with van der Waals surface area (Å²) in [6.07, 6.45) is 16.4. The number of aliphatic imine (C=N–C) groups is 1. The minimum Gasteiger partial charge on any atom is -0.493 e. The number of carbonyl (C=O) groups is 1. The molecule has 0 saturated carbocycles. The van der Waals surface area contributed by atoms with E-state index in [-0.39, 0.29) is 5.92 Å². The van der Waals surface area contributed by atoms with Crippen molar-refractivity contribution in [1.82, 2.24) is 0 Å². The van der Waals surface area contributed by atoms with E-state index in [4.69, 9.17) is 21.1 Å². The molecule has 1 N–H and O–H groups in total. The molecule has 1 aliphatic carbocycles.